The third-order valence-electron chi connectivity index (χ3n) is 5.62. The molecule has 0 aliphatic heterocycles. The molecule has 1 heterocycles. The molecular weight excluding hydrogens is 394 g/mol. The van der Waals surface area contributed by atoms with Gasteiger partial charge in [-0.2, -0.15) is 0 Å². The van der Waals surface area contributed by atoms with E-state index in [1.165, 1.54) is 33.9 Å². The fourth-order valence-corrected chi connectivity index (χ4v) is 4.82. The number of carbonyl (C=O) groups is 1. The second kappa shape index (κ2) is 7.61. The van der Waals surface area contributed by atoms with Crippen molar-refractivity contribution in [1.29, 1.82) is 0 Å². The van der Waals surface area contributed by atoms with Crippen LogP contribution in [0.15, 0.2) is 64.5 Å². The number of aryl methyl sites for hydroxylation is 2. The third kappa shape index (κ3) is 3.48. The lowest BCUT2D eigenvalue weighted by molar-refractivity contribution is -0.113. The van der Waals surface area contributed by atoms with Crippen LogP contribution in [0.5, 0.6) is 0 Å². The number of nitrogens with one attached hydrogen (secondary N) is 1. The summed E-state index contributed by atoms with van der Waals surface area (Å²) in [6, 6.07) is 17.9. The number of nitrogens with zero attached hydrogens (tertiary/aromatic N) is 2. The van der Waals surface area contributed by atoms with Gasteiger partial charge in [0.25, 0.3) is 5.56 Å². The quantitative estimate of drug-likeness (QED) is 0.307. The molecule has 0 atom stereocenters. The lowest BCUT2D eigenvalue weighted by Gasteiger charge is -2.10. The molecule has 3 aromatic carbocycles. The molecule has 1 N–H and O–H groups in total. The largest absolute Gasteiger partial charge is 0.325 e. The summed E-state index contributed by atoms with van der Waals surface area (Å²) in [6.07, 6.45) is 3.38. The smallest absolute Gasteiger partial charge is 0.261 e. The van der Waals surface area contributed by atoms with Crippen LogP contribution in [0.2, 0.25) is 0 Å². The minimum absolute atomic E-state index is 0.104. The van der Waals surface area contributed by atoms with Gasteiger partial charge in [0, 0.05) is 12.7 Å². The molecule has 0 radical (unpaired) electrons. The van der Waals surface area contributed by atoms with E-state index in [4.69, 9.17) is 0 Å². The Morgan fingerprint density at radius 2 is 1.83 bits per heavy atom. The number of aromatic nitrogens is 2. The van der Waals surface area contributed by atoms with E-state index >= 15 is 0 Å². The highest BCUT2D eigenvalue weighted by Crippen LogP contribution is 2.26. The van der Waals surface area contributed by atoms with E-state index in [-0.39, 0.29) is 17.2 Å². The predicted octanol–water partition coefficient (Wildman–Crippen LogP) is 4.31. The number of thioether (sulfide) groups is 1. The van der Waals surface area contributed by atoms with Crippen molar-refractivity contribution in [2.75, 3.05) is 11.1 Å². The minimum atomic E-state index is -0.106. The van der Waals surface area contributed by atoms with Gasteiger partial charge in [-0.15, -0.1) is 0 Å². The van der Waals surface area contributed by atoms with E-state index in [2.05, 4.69) is 22.4 Å². The summed E-state index contributed by atoms with van der Waals surface area (Å²) in [6.45, 7) is 0. The zero-order valence-corrected chi connectivity index (χ0v) is 17.5. The van der Waals surface area contributed by atoms with Gasteiger partial charge in [-0.05, 0) is 65.4 Å². The Balaban J connectivity index is 1.37. The van der Waals surface area contributed by atoms with Crippen LogP contribution in [0, 0.1) is 0 Å². The van der Waals surface area contributed by atoms with Gasteiger partial charge in [0.1, 0.15) is 0 Å². The molecule has 4 aromatic rings. The average molecular weight is 416 g/mol. The molecule has 30 heavy (non-hydrogen) atoms. The highest BCUT2D eigenvalue weighted by Gasteiger charge is 2.14. The Hall–Kier alpha value is -3.12. The van der Waals surface area contributed by atoms with Crippen LogP contribution in [-0.4, -0.2) is 21.2 Å². The fourth-order valence-electron chi connectivity index (χ4n) is 4.04. The maximum Gasteiger partial charge on any atom is 0.261 e. The number of fused-ring (bicyclic) bond motifs is 3. The molecule has 0 saturated carbocycles. The van der Waals surface area contributed by atoms with E-state index in [9.17, 15) is 9.59 Å². The van der Waals surface area contributed by atoms with Crippen molar-refractivity contribution in [2.45, 2.75) is 24.4 Å². The maximum atomic E-state index is 12.8. The van der Waals surface area contributed by atoms with E-state index in [1.54, 1.807) is 7.05 Å². The molecule has 5 nitrogen and oxygen atoms in total. The number of hydrogen-bond donors (Lipinski definition) is 1. The van der Waals surface area contributed by atoms with Crippen molar-refractivity contribution in [3.8, 4) is 0 Å². The van der Waals surface area contributed by atoms with E-state index in [0.717, 1.165) is 29.3 Å². The number of benzene rings is 3. The molecule has 0 bridgehead atoms. The minimum Gasteiger partial charge on any atom is -0.325 e. The molecule has 0 unspecified atom stereocenters. The molecular formula is C24H21N3O2S. The third-order valence-corrected chi connectivity index (χ3v) is 6.65. The summed E-state index contributed by atoms with van der Waals surface area (Å²) >= 11 is 1.27. The summed E-state index contributed by atoms with van der Waals surface area (Å²) in [4.78, 5) is 30.0. The molecule has 0 fully saturated rings. The Labute approximate surface area is 178 Å². The summed E-state index contributed by atoms with van der Waals surface area (Å²) in [5, 5.41) is 6.13. The van der Waals surface area contributed by atoms with Crippen LogP contribution in [-0.2, 0) is 24.7 Å². The van der Waals surface area contributed by atoms with Crippen molar-refractivity contribution in [2.24, 2.45) is 7.05 Å². The van der Waals surface area contributed by atoms with Gasteiger partial charge in [-0.1, -0.05) is 42.1 Å². The van der Waals surface area contributed by atoms with Gasteiger partial charge in [-0.25, -0.2) is 4.98 Å². The van der Waals surface area contributed by atoms with Crippen molar-refractivity contribution >= 4 is 45.0 Å². The first kappa shape index (κ1) is 18.9. The Bertz CT molecular complexity index is 1360. The summed E-state index contributed by atoms with van der Waals surface area (Å²) in [5.74, 6) is 0.0852. The summed E-state index contributed by atoms with van der Waals surface area (Å²) in [5.41, 5.74) is 4.08. The van der Waals surface area contributed by atoms with Gasteiger partial charge in [0.15, 0.2) is 5.16 Å². The van der Waals surface area contributed by atoms with Crippen molar-refractivity contribution in [1.82, 2.24) is 9.55 Å². The monoisotopic (exact) mass is 415 g/mol. The van der Waals surface area contributed by atoms with E-state index in [1.807, 2.05) is 42.5 Å². The van der Waals surface area contributed by atoms with Gasteiger partial charge in [0.05, 0.1) is 16.7 Å². The zero-order chi connectivity index (χ0) is 20.7. The SMILES string of the molecule is Cn1c(SCC(=O)Nc2ccc3c(c2)CCC3)nc2cc3ccccc3cc2c1=O. The summed E-state index contributed by atoms with van der Waals surface area (Å²) in [7, 11) is 1.70. The Morgan fingerprint density at radius 1 is 1.07 bits per heavy atom. The number of anilines is 1. The Morgan fingerprint density at radius 3 is 2.67 bits per heavy atom. The first-order chi connectivity index (χ1) is 14.6. The molecule has 0 spiro atoms. The Kier molecular flexibility index (Phi) is 4.79. The zero-order valence-electron chi connectivity index (χ0n) is 16.6. The second-order valence-corrected chi connectivity index (χ2v) is 8.59. The van der Waals surface area contributed by atoms with Crippen LogP contribution in [0.4, 0.5) is 5.69 Å². The van der Waals surface area contributed by atoms with Gasteiger partial charge < -0.3 is 5.32 Å². The first-order valence-electron chi connectivity index (χ1n) is 10.0. The van der Waals surface area contributed by atoms with Crippen LogP contribution in [0.1, 0.15) is 17.5 Å². The van der Waals surface area contributed by atoms with Crippen molar-refractivity contribution < 1.29 is 4.79 Å². The molecule has 0 saturated heterocycles. The van der Waals surface area contributed by atoms with Crippen LogP contribution < -0.4 is 10.9 Å². The molecule has 1 aliphatic carbocycles. The lowest BCUT2D eigenvalue weighted by atomic mass is 10.1. The fraction of sp³-hybridized carbons (Fsp3) is 0.208. The normalized spacial score (nSPS) is 13.0. The van der Waals surface area contributed by atoms with E-state index in [0.29, 0.717) is 16.1 Å². The average Bonchev–Trinajstić information content (AvgIpc) is 3.22. The maximum absolute atomic E-state index is 12.8. The molecule has 1 amide bonds. The van der Waals surface area contributed by atoms with Crippen molar-refractivity contribution in [3.63, 3.8) is 0 Å². The molecule has 5 rings (SSSR count). The number of hydrogen-bond acceptors (Lipinski definition) is 4. The standard InChI is InChI=1S/C24H21N3O2S/c1-27-23(29)20-12-17-5-2-3-6-18(17)13-21(20)26-24(27)30-14-22(28)25-19-10-9-15-7-4-8-16(15)11-19/h2-3,5-6,9-13H,4,7-8,14H2,1H3,(H,25,28). The molecule has 1 aliphatic rings. The number of carbonyl (C=O) groups excluding carboxylic acids is 1. The van der Waals surface area contributed by atoms with Gasteiger partial charge >= 0.3 is 0 Å². The van der Waals surface area contributed by atoms with Gasteiger partial charge in [0.2, 0.25) is 5.91 Å². The summed E-state index contributed by atoms with van der Waals surface area (Å²) < 4.78 is 1.52. The molecule has 6 heteroatoms. The van der Waals surface area contributed by atoms with Crippen LogP contribution >= 0.6 is 11.8 Å². The first-order valence-corrected chi connectivity index (χ1v) is 11.0. The number of rotatable bonds is 4. The number of amides is 1. The molecule has 150 valence electrons. The lowest BCUT2D eigenvalue weighted by Crippen LogP contribution is -2.21. The highest BCUT2D eigenvalue weighted by atomic mass is 32.2. The van der Waals surface area contributed by atoms with Crippen LogP contribution in [0.3, 0.4) is 0 Å². The van der Waals surface area contributed by atoms with Crippen molar-refractivity contribution in [3.05, 3.63) is 76.1 Å². The highest BCUT2D eigenvalue weighted by molar-refractivity contribution is 7.99. The van der Waals surface area contributed by atoms with Gasteiger partial charge in [-0.3, -0.25) is 14.2 Å². The molecule has 1 aromatic heterocycles. The predicted molar refractivity (Wildman–Crippen MR) is 122 cm³/mol. The van der Waals surface area contributed by atoms with E-state index < -0.39 is 0 Å². The van der Waals surface area contributed by atoms with Crippen LogP contribution in [0.25, 0.3) is 21.7 Å². The topological polar surface area (TPSA) is 64.0 Å². The second-order valence-electron chi connectivity index (χ2n) is 7.65.